The van der Waals surface area contributed by atoms with Crippen LogP contribution in [0.15, 0.2) is 30.3 Å². The quantitative estimate of drug-likeness (QED) is 0.842. The number of nitrogens with zero attached hydrogens (tertiary/aromatic N) is 1. The Labute approximate surface area is 127 Å². The van der Waals surface area contributed by atoms with Crippen molar-refractivity contribution in [3.05, 3.63) is 35.9 Å². The summed E-state index contributed by atoms with van der Waals surface area (Å²) >= 11 is 0. The fourth-order valence-electron chi connectivity index (χ4n) is 3.28. The zero-order valence-corrected chi connectivity index (χ0v) is 13.3. The van der Waals surface area contributed by atoms with E-state index >= 15 is 0 Å². The van der Waals surface area contributed by atoms with Crippen LogP contribution in [0.1, 0.15) is 25.8 Å². The Hall–Kier alpha value is -1.39. The van der Waals surface area contributed by atoms with Gasteiger partial charge in [0.1, 0.15) is 5.54 Å². The Bertz CT molecular complexity index is 455. The van der Waals surface area contributed by atoms with Gasteiger partial charge in [-0.05, 0) is 17.9 Å². The number of carbonyl (C=O) groups excluding carboxylic acids is 1. The molecular weight excluding hydrogens is 264 g/mol. The van der Waals surface area contributed by atoms with Crippen LogP contribution in [0.25, 0.3) is 0 Å². The minimum Gasteiger partial charge on any atom is -0.467 e. The molecular formula is C17H26N2O2. The van der Waals surface area contributed by atoms with Gasteiger partial charge >= 0.3 is 5.97 Å². The first-order valence-electron chi connectivity index (χ1n) is 7.71. The molecule has 0 saturated carbocycles. The second kappa shape index (κ2) is 7.05. The minimum atomic E-state index is -0.674. The van der Waals surface area contributed by atoms with E-state index in [-0.39, 0.29) is 5.97 Å². The third-order valence-corrected chi connectivity index (χ3v) is 4.13. The third kappa shape index (κ3) is 3.27. The Morgan fingerprint density at radius 2 is 1.90 bits per heavy atom. The van der Waals surface area contributed by atoms with Gasteiger partial charge in [0, 0.05) is 26.2 Å². The predicted octanol–water partition coefficient (Wildman–Crippen LogP) is 2.01. The summed E-state index contributed by atoms with van der Waals surface area (Å²) in [6.45, 7) is 7.84. The monoisotopic (exact) mass is 290 g/mol. The molecule has 1 fully saturated rings. The van der Waals surface area contributed by atoms with E-state index in [4.69, 9.17) is 4.74 Å². The van der Waals surface area contributed by atoms with Gasteiger partial charge in [0.2, 0.25) is 0 Å². The molecule has 21 heavy (non-hydrogen) atoms. The first-order chi connectivity index (χ1) is 10.1. The summed E-state index contributed by atoms with van der Waals surface area (Å²) in [5.41, 5.74) is 0.360. The van der Waals surface area contributed by atoms with Gasteiger partial charge < -0.3 is 10.1 Å². The van der Waals surface area contributed by atoms with Crippen molar-refractivity contribution in [3.63, 3.8) is 0 Å². The van der Waals surface area contributed by atoms with Crippen molar-refractivity contribution in [1.29, 1.82) is 0 Å². The lowest BCUT2D eigenvalue weighted by molar-refractivity contribution is -0.158. The summed E-state index contributed by atoms with van der Waals surface area (Å²) in [6.07, 6.45) is 0.768. The molecule has 1 aliphatic heterocycles. The number of hydrogen-bond acceptors (Lipinski definition) is 4. The molecule has 0 spiro atoms. The van der Waals surface area contributed by atoms with Gasteiger partial charge in [-0.15, -0.1) is 0 Å². The molecule has 1 aromatic carbocycles. The lowest BCUT2D eigenvalue weighted by Crippen LogP contribution is -2.59. The normalized spacial score (nSPS) is 19.2. The Kier molecular flexibility index (Phi) is 5.37. The molecule has 0 aromatic heterocycles. The predicted molar refractivity (Wildman–Crippen MR) is 84.0 cm³/mol. The molecule has 2 rings (SSSR count). The molecule has 0 bridgehead atoms. The summed E-state index contributed by atoms with van der Waals surface area (Å²) in [4.78, 5) is 15.1. The molecule has 1 heterocycles. The Morgan fingerprint density at radius 1 is 1.29 bits per heavy atom. The molecule has 1 atom stereocenters. The average molecular weight is 290 g/mol. The second-order valence-electron chi connectivity index (χ2n) is 6.05. The molecule has 1 saturated heterocycles. The number of hydrogen-bond donors (Lipinski definition) is 1. The average Bonchev–Trinajstić information content (AvgIpc) is 2.53. The van der Waals surface area contributed by atoms with Crippen molar-refractivity contribution in [1.82, 2.24) is 10.2 Å². The lowest BCUT2D eigenvalue weighted by atomic mass is 9.80. The smallest absolute Gasteiger partial charge is 0.330 e. The first-order valence-corrected chi connectivity index (χ1v) is 7.71. The minimum absolute atomic E-state index is 0.149. The maximum atomic E-state index is 12.8. The van der Waals surface area contributed by atoms with Crippen LogP contribution in [0.4, 0.5) is 0 Å². The van der Waals surface area contributed by atoms with E-state index in [1.54, 1.807) is 0 Å². The van der Waals surface area contributed by atoms with E-state index in [1.807, 2.05) is 30.3 Å². The molecule has 4 heteroatoms. The van der Waals surface area contributed by atoms with Crippen LogP contribution in [0.5, 0.6) is 0 Å². The summed E-state index contributed by atoms with van der Waals surface area (Å²) in [5, 5.41) is 3.35. The Balaban J connectivity index is 2.49. The van der Waals surface area contributed by atoms with Gasteiger partial charge in [-0.25, -0.2) is 4.79 Å². The molecule has 0 aliphatic carbocycles. The maximum absolute atomic E-state index is 12.8. The topological polar surface area (TPSA) is 41.6 Å². The van der Waals surface area contributed by atoms with Gasteiger partial charge in [-0.1, -0.05) is 44.2 Å². The largest absolute Gasteiger partial charge is 0.467 e. The molecule has 1 unspecified atom stereocenters. The van der Waals surface area contributed by atoms with Gasteiger partial charge in [0.15, 0.2) is 0 Å². The second-order valence-corrected chi connectivity index (χ2v) is 6.05. The number of benzene rings is 1. The number of ether oxygens (including phenoxy) is 1. The summed E-state index contributed by atoms with van der Waals surface area (Å²) in [6, 6.07) is 10.1. The van der Waals surface area contributed by atoms with Crippen LogP contribution in [-0.2, 0) is 15.1 Å². The van der Waals surface area contributed by atoms with Gasteiger partial charge in [-0.2, -0.15) is 0 Å². The fraction of sp³-hybridized carbons (Fsp3) is 0.588. The van der Waals surface area contributed by atoms with Crippen molar-refractivity contribution in [2.45, 2.75) is 25.8 Å². The highest BCUT2D eigenvalue weighted by molar-refractivity contribution is 5.82. The number of piperazine rings is 1. The van der Waals surface area contributed by atoms with E-state index in [0.717, 1.165) is 38.2 Å². The van der Waals surface area contributed by atoms with E-state index in [9.17, 15) is 4.79 Å². The number of rotatable bonds is 5. The molecule has 1 aromatic rings. The SMILES string of the molecule is COC(=O)C(CC(C)C)(c1ccccc1)N1CCNCC1. The van der Waals surface area contributed by atoms with Crippen molar-refractivity contribution >= 4 is 5.97 Å². The number of esters is 1. The van der Waals surface area contributed by atoms with E-state index in [2.05, 4.69) is 24.1 Å². The van der Waals surface area contributed by atoms with Crippen LogP contribution in [0.2, 0.25) is 0 Å². The molecule has 4 nitrogen and oxygen atoms in total. The van der Waals surface area contributed by atoms with Crippen LogP contribution in [0, 0.1) is 5.92 Å². The number of methoxy groups -OCH3 is 1. The van der Waals surface area contributed by atoms with Crippen LogP contribution in [0.3, 0.4) is 0 Å². The Morgan fingerprint density at radius 3 is 2.43 bits per heavy atom. The molecule has 1 N–H and O–H groups in total. The third-order valence-electron chi connectivity index (χ3n) is 4.13. The van der Waals surface area contributed by atoms with Gasteiger partial charge in [0.25, 0.3) is 0 Å². The van der Waals surface area contributed by atoms with E-state index in [0.29, 0.717) is 5.92 Å². The highest BCUT2D eigenvalue weighted by Crippen LogP contribution is 2.36. The highest BCUT2D eigenvalue weighted by Gasteiger charge is 2.47. The van der Waals surface area contributed by atoms with Crippen molar-refractivity contribution in [2.75, 3.05) is 33.3 Å². The van der Waals surface area contributed by atoms with E-state index < -0.39 is 5.54 Å². The zero-order valence-electron chi connectivity index (χ0n) is 13.3. The molecule has 1 aliphatic rings. The van der Waals surface area contributed by atoms with Gasteiger partial charge in [0.05, 0.1) is 7.11 Å². The van der Waals surface area contributed by atoms with Crippen molar-refractivity contribution in [2.24, 2.45) is 5.92 Å². The first kappa shape index (κ1) is 16.0. The summed E-state index contributed by atoms with van der Waals surface area (Å²) < 4.78 is 5.22. The summed E-state index contributed by atoms with van der Waals surface area (Å²) in [5.74, 6) is 0.253. The number of carbonyl (C=O) groups is 1. The van der Waals surface area contributed by atoms with Crippen LogP contribution < -0.4 is 5.32 Å². The highest BCUT2D eigenvalue weighted by atomic mass is 16.5. The molecule has 116 valence electrons. The lowest BCUT2D eigenvalue weighted by Gasteiger charge is -2.45. The van der Waals surface area contributed by atoms with Crippen LogP contribution in [-0.4, -0.2) is 44.2 Å². The van der Waals surface area contributed by atoms with Crippen molar-refractivity contribution < 1.29 is 9.53 Å². The zero-order chi connectivity index (χ0) is 15.3. The van der Waals surface area contributed by atoms with E-state index in [1.165, 1.54) is 7.11 Å². The van der Waals surface area contributed by atoms with Crippen LogP contribution >= 0.6 is 0 Å². The maximum Gasteiger partial charge on any atom is 0.330 e. The fourth-order valence-corrected chi connectivity index (χ4v) is 3.28. The molecule has 0 amide bonds. The standard InChI is InChI=1S/C17H26N2O2/c1-14(2)13-17(16(20)21-3,15-7-5-4-6-8-15)19-11-9-18-10-12-19/h4-8,14,18H,9-13H2,1-3H3. The van der Waals surface area contributed by atoms with Gasteiger partial charge in [-0.3, -0.25) is 4.90 Å². The molecule has 0 radical (unpaired) electrons. The summed E-state index contributed by atoms with van der Waals surface area (Å²) in [7, 11) is 1.49. The van der Waals surface area contributed by atoms with Crippen molar-refractivity contribution in [3.8, 4) is 0 Å². The number of nitrogens with one attached hydrogen (secondary N) is 1.